The zero-order valence-electron chi connectivity index (χ0n) is 13.3. The van der Waals surface area contributed by atoms with Gasteiger partial charge in [-0.15, -0.1) is 11.3 Å². The molecule has 0 fully saturated rings. The molecule has 128 valence electrons. The Morgan fingerprint density at radius 2 is 2.16 bits per heavy atom. The lowest BCUT2D eigenvalue weighted by Crippen LogP contribution is -2.15. The van der Waals surface area contributed by atoms with Gasteiger partial charge in [0, 0.05) is 6.08 Å². The molecule has 3 N–H and O–H groups in total. The van der Waals surface area contributed by atoms with Crippen molar-refractivity contribution in [3.8, 4) is 6.07 Å². The fourth-order valence-electron chi connectivity index (χ4n) is 2.02. The molecule has 0 aliphatic rings. The second-order valence-corrected chi connectivity index (χ2v) is 5.78. The van der Waals surface area contributed by atoms with Gasteiger partial charge in [0.25, 0.3) is 11.8 Å². The van der Waals surface area contributed by atoms with E-state index in [-0.39, 0.29) is 21.0 Å². The van der Waals surface area contributed by atoms with E-state index in [4.69, 9.17) is 15.4 Å². The maximum atomic E-state index is 12.3. The number of furan rings is 1. The number of hydrogen-bond acceptors (Lipinski definition) is 7. The molecule has 0 saturated heterocycles. The lowest BCUT2D eigenvalue weighted by molar-refractivity contribution is -0.112. The van der Waals surface area contributed by atoms with Crippen molar-refractivity contribution in [1.82, 2.24) is 0 Å². The van der Waals surface area contributed by atoms with Crippen molar-refractivity contribution in [2.45, 2.75) is 6.92 Å². The summed E-state index contributed by atoms with van der Waals surface area (Å²) in [5.41, 5.74) is 5.36. The van der Waals surface area contributed by atoms with Gasteiger partial charge >= 0.3 is 5.97 Å². The predicted molar refractivity (Wildman–Crippen MR) is 89.8 cm³/mol. The summed E-state index contributed by atoms with van der Waals surface area (Å²) in [7, 11) is 1.17. The number of rotatable bonds is 5. The molecule has 2 aromatic rings. The number of carbonyl (C=O) groups excluding carboxylic acids is 3. The number of nitrogens with one attached hydrogen (secondary N) is 1. The maximum absolute atomic E-state index is 12.3. The topological polar surface area (TPSA) is 135 Å². The third-order valence-corrected chi connectivity index (χ3v) is 4.40. The van der Waals surface area contributed by atoms with Crippen molar-refractivity contribution in [1.29, 1.82) is 5.26 Å². The van der Waals surface area contributed by atoms with Crippen LogP contribution in [0.2, 0.25) is 0 Å². The molecule has 0 bridgehead atoms. The first-order chi connectivity index (χ1) is 11.9. The van der Waals surface area contributed by atoms with Crippen molar-refractivity contribution < 1.29 is 23.5 Å². The quantitative estimate of drug-likeness (QED) is 0.476. The summed E-state index contributed by atoms with van der Waals surface area (Å²) in [6, 6.07) is 4.93. The SMILES string of the molecule is COC(=O)c1c(NC(=O)C(C#N)=Cc2ccco2)sc(C(N)=O)c1C. The van der Waals surface area contributed by atoms with Gasteiger partial charge in [-0.25, -0.2) is 4.79 Å². The zero-order valence-corrected chi connectivity index (χ0v) is 14.1. The molecule has 0 unspecified atom stereocenters. The van der Waals surface area contributed by atoms with E-state index in [9.17, 15) is 14.4 Å². The Morgan fingerprint density at radius 3 is 2.68 bits per heavy atom. The van der Waals surface area contributed by atoms with Crippen LogP contribution in [0, 0.1) is 18.3 Å². The minimum absolute atomic E-state index is 0.0185. The van der Waals surface area contributed by atoms with E-state index in [1.807, 2.05) is 0 Å². The van der Waals surface area contributed by atoms with E-state index in [0.29, 0.717) is 11.3 Å². The molecule has 2 amide bonds. The molecule has 2 heterocycles. The first-order valence-corrected chi connectivity index (χ1v) is 7.68. The van der Waals surface area contributed by atoms with E-state index in [1.165, 1.54) is 26.4 Å². The van der Waals surface area contributed by atoms with E-state index >= 15 is 0 Å². The fourth-order valence-corrected chi connectivity index (χ4v) is 3.06. The fraction of sp³-hybridized carbons (Fsp3) is 0.125. The normalized spacial score (nSPS) is 10.8. The smallest absolute Gasteiger partial charge is 0.341 e. The largest absolute Gasteiger partial charge is 0.465 e. The highest BCUT2D eigenvalue weighted by Crippen LogP contribution is 2.33. The summed E-state index contributed by atoms with van der Waals surface area (Å²) < 4.78 is 9.73. The lowest BCUT2D eigenvalue weighted by Gasteiger charge is -2.05. The van der Waals surface area contributed by atoms with Gasteiger partial charge in [0.05, 0.1) is 23.8 Å². The summed E-state index contributed by atoms with van der Waals surface area (Å²) in [4.78, 5) is 35.9. The van der Waals surface area contributed by atoms with E-state index in [2.05, 4.69) is 10.1 Å². The average Bonchev–Trinajstić information content (AvgIpc) is 3.19. The maximum Gasteiger partial charge on any atom is 0.341 e. The number of thiophene rings is 1. The van der Waals surface area contributed by atoms with Crippen LogP contribution in [0.25, 0.3) is 6.08 Å². The second-order valence-electron chi connectivity index (χ2n) is 4.76. The molecule has 0 aromatic carbocycles. The van der Waals surface area contributed by atoms with Crippen molar-refractivity contribution in [3.05, 3.63) is 45.7 Å². The molecule has 0 atom stereocenters. The highest BCUT2D eigenvalue weighted by Gasteiger charge is 2.26. The molecule has 0 aliphatic heterocycles. The number of carbonyl (C=O) groups is 3. The van der Waals surface area contributed by atoms with Gasteiger partial charge in [-0.2, -0.15) is 5.26 Å². The van der Waals surface area contributed by atoms with E-state index < -0.39 is 17.8 Å². The second kappa shape index (κ2) is 7.46. The first kappa shape index (κ1) is 18.0. The predicted octanol–water partition coefficient (Wildman–Crippen LogP) is 2.08. The molecule has 0 radical (unpaired) electrons. The Bertz CT molecular complexity index is 903. The van der Waals surface area contributed by atoms with Gasteiger partial charge in [0.2, 0.25) is 0 Å². The molecular formula is C16H13N3O5S. The monoisotopic (exact) mass is 359 g/mol. The van der Waals surface area contributed by atoms with Crippen LogP contribution >= 0.6 is 11.3 Å². The van der Waals surface area contributed by atoms with Crippen LogP contribution < -0.4 is 11.1 Å². The van der Waals surface area contributed by atoms with Gasteiger partial charge in [-0.05, 0) is 24.6 Å². The number of esters is 1. The number of nitrogens with two attached hydrogens (primary N) is 1. The van der Waals surface area contributed by atoms with Crippen LogP contribution in [0.3, 0.4) is 0 Å². The molecule has 2 aromatic heterocycles. The minimum atomic E-state index is -0.763. The van der Waals surface area contributed by atoms with Crippen molar-refractivity contribution in [2.75, 3.05) is 12.4 Å². The number of methoxy groups -OCH3 is 1. The number of amides is 2. The number of ether oxygens (including phenoxy) is 1. The first-order valence-electron chi connectivity index (χ1n) is 6.87. The third kappa shape index (κ3) is 3.76. The van der Waals surface area contributed by atoms with E-state index in [1.54, 1.807) is 18.2 Å². The molecule has 0 saturated carbocycles. The molecular weight excluding hydrogens is 346 g/mol. The summed E-state index contributed by atoms with van der Waals surface area (Å²) in [5, 5.41) is 11.7. The van der Waals surface area contributed by atoms with Gasteiger partial charge in [0.1, 0.15) is 22.4 Å². The molecule has 0 aliphatic carbocycles. The minimum Gasteiger partial charge on any atom is -0.465 e. The molecule has 0 spiro atoms. The summed E-state index contributed by atoms with van der Waals surface area (Å²) in [6.45, 7) is 1.52. The van der Waals surface area contributed by atoms with Gasteiger partial charge < -0.3 is 20.2 Å². The highest BCUT2D eigenvalue weighted by molar-refractivity contribution is 7.18. The Kier molecular flexibility index (Phi) is 5.36. The number of nitrogens with zero attached hydrogens (tertiary/aromatic N) is 1. The number of nitriles is 1. The van der Waals surface area contributed by atoms with Crippen molar-refractivity contribution in [3.63, 3.8) is 0 Å². The van der Waals surface area contributed by atoms with Crippen LogP contribution in [0.1, 0.15) is 31.4 Å². The van der Waals surface area contributed by atoms with Crippen LogP contribution in [-0.2, 0) is 9.53 Å². The number of primary amides is 1. The summed E-state index contributed by atoms with van der Waals surface area (Å²) in [6.07, 6.45) is 2.65. The lowest BCUT2D eigenvalue weighted by atomic mass is 10.1. The Hall–Kier alpha value is -3.38. The molecule has 8 nitrogen and oxygen atoms in total. The summed E-state index contributed by atoms with van der Waals surface area (Å²) >= 11 is 0.835. The average molecular weight is 359 g/mol. The molecule has 25 heavy (non-hydrogen) atoms. The standard InChI is InChI=1S/C16H13N3O5S/c1-8-11(16(22)23-2)15(25-12(8)13(18)20)19-14(21)9(7-17)6-10-4-3-5-24-10/h3-6H,1-2H3,(H2,18,20)(H,19,21). The van der Waals surface area contributed by atoms with E-state index in [0.717, 1.165) is 11.3 Å². The van der Waals surface area contributed by atoms with Crippen LogP contribution in [0.5, 0.6) is 0 Å². The Balaban J connectivity index is 2.40. The van der Waals surface area contributed by atoms with Crippen molar-refractivity contribution in [2.24, 2.45) is 5.73 Å². The third-order valence-electron chi connectivity index (χ3n) is 3.18. The molecule has 2 rings (SSSR count). The van der Waals surface area contributed by atoms with Crippen LogP contribution in [-0.4, -0.2) is 24.9 Å². The highest BCUT2D eigenvalue weighted by atomic mass is 32.1. The van der Waals surface area contributed by atoms with Gasteiger partial charge in [-0.3, -0.25) is 9.59 Å². The van der Waals surface area contributed by atoms with Crippen molar-refractivity contribution >= 4 is 40.2 Å². The van der Waals surface area contributed by atoms with Gasteiger partial charge in [-0.1, -0.05) is 0 Å². The molecule has 9 heteroatoms. The summed E-state index contributed by atoms with van der Waals surface area (Å²) in [5.74, 6) is -1.91. The Morgan fingerprint density at radius 1 is 1.44 bits per heavy atom. The number of anilines is 1. The van der Waals surface area contributed by atoms with Crippen LogP contribution in [0.15, 0.2) is 28.4 Å². The van der Waals surface area contributed by atoms with Crippen LogP contribution in [0.4, 0.5) is 5.00 Å². The van der Waals surface area contributed by atoms with Gasteiger partial charge in [0.15, 0.2) is 0 Å². The number of hydrogen-bond donors (Lipinski definition) is 2. The Labute approximate surface area is 146 Å². The zero-order chi connectivity index (χ0) is 18.6.